The lowest BCUT2D eigenvalue weighted by Crippen LogP contribution is -2.24. The van der Waals surface area contributed by atoms with Crippen molar-refractivity contribution in [2.45, 2.75) is 19.1 Å². The molecule has 1 unspecified atom stereocenters. The Morgan fingerprint density at radius 3 is 2.76 bits per heavy atom. The number of aromatic amines is 1. The van der Waals surface area contributed by atoms with E-state index in [0.717, 1.165) is 29.7 Å². The van der Waals surface area contributed by atoms with Crippen LogP contribution in [0.1, 0.15) is 18.1 Å². The molecule has 136 valence electrons. The molecule has 2 rings (SSSR count). The van der Waals surface area contributed by atoms with Crippen LogP contribution in [-0.4, -0.2) is 28.0 Å². The van der Waals surface area contributed by atoms with Crippen LogP contribution in [0.2, 0.25) is 5.02 Å². The Labute approximate surface area is 149 Å². The fourth-order valence-electron chi connectivity index (χ4n) is 1.88. The molecule has 0 saturated carbocycles. The summed E-state index contributed by atoms with van der Waals surface area (Å²) in [6, 6.07) is 2.30. The quantitative estimate of drug-likeness (QED) is 0.462. The van der Waals surface area contributed by atoms with Gasteiger partial charge in [-0.25, -0.2) is 0 Å². The van der Waals surface area contributed by atoms with Gasteiger partial charge in [0.15, 0.2) is 0 Å². The molecule has 1 atom stereocenters. The number of halogens is 4. The zero-order chi connectivity index (χ0) is 18.8. The van der Waals surface area contributed by atoms with Gasteiger partial charge in [-0.05, 0) is 36.7 Å². The minimum atomic E-state index is -4.51. The van der Waals surface area contributed by atoms with E-state index in [1.807, 2.05) is 0 Å². The Morgan fingerprint density at radius 2 is 2.20 bits per heavy atom. The molecule has 0 aliphatic rings. The summed E-state index contributed by atoms with van der Waals surface area (Å²) in [6.45, 7) is 1.35. The number of alkyl halides is 3. The third-order valence-electron chi connectivity index (χ3n) is 3.12. The Bertz CT molecular complexity index is 847. The second kappa shape index (κ2) is 7.46. The van der Waals surface area contributed by atoms with Crippen molar-refractivity contribution >= 4 is 39.7 Å². The average Bonchev–Trinajstić information content (AvgIpc) is 2.88. The first-order valence-electron chi connectivity index (χ1n) is 6.93. The van der Waals surface area contributed by atoms with Crippen molar-refractivity contribution in [2.24, 2.45) is 10.7 Å². The van der Waals surface area contributed by atoms with E-state index >= 15 is 0 Å². The summed E-state index contributed by atoms with van der Waals surface area (Å²) in [5.74, 6) is -0.102. The number of hydrogen-bond donors (Lipinski definition) is 4. The molecule has 0 spiro atoms. The van der Waals surface area contributed by atoms with Gasteiger partial charge in [0.25, 0.3) is 5.56 Å². The Morgan fingerprint density at radius 1 is 1.52 bits per heavy atom. The molecule has 1 aromatic heterocycles. The van der Waals surface area contributed by atoms with E-state index in [1.54, 1.807) is 6.92 Å². The summed E-state index contributed by atoms with van der Waals surface area (Å²) >= 11 is 6.79. The molecule has 6 nitrogen and oxygen atoms in total. The van der Waals surface area contributed by atoms with Crippen LogP contribution in [0.25, 0.3) is 0 Å². The van der Waals surface area contributed by atoms with E-state index < -0.39 is 23.3 Å². The first-order chi connectivity index (χ1) is 11.6. The number of hydrogen-bond acceptors (Lipinski definition) is 5. The highest BCUT2D eigenvalue weighted by Crippen LogP contribution is 2.35. The molecule has 0 saturated heterocycles. The number of aliphatic hydroxyl groups is 1. The standard InChI is InChI=1S/C14H14ClF3N4O2S/c1-6(5-23)20-11(19)10-12(24)22-25-13(10)21-9-3-2-7(4-8(9)15)14(16,17)18/h2-4,6,21,23H,5H2,1H3,(H2,19,20)(H,22,24). The van der Waals surface area contributed by atoms with Crippen LogP contribution in [0.15, 0.2) is 28.0 Å². The van der Waals surface area contributed by atoms with Gasteiger partial charge in [0.05, 0.1) is 28.9 Å². The van der Waals surface area contributed by atoms with Crippen molar-refractivity contribution in [3.8, 4) is 0 Å². The van der Waals surface area contributed by atoms with E-state index in [2.05, 4.69) is 14.7 Å². The topological polar surface area (TPSA) is 104 Å². The lowest BCUT2D eigenvalue weighted by molar-refractivity contribution is -0.137. The summed E-state index contributed by atoms with van der Waals surface area (Å²) in [4.78, 5) is 15.9. The zero-order valence-electron chi connectivity index (χ0n) is 12.8. The Balaban J connectivity index is 2.37. The number of nitrogens with two attached hydrogens (primary N) is 1. The molecule has 1 aromatic carbocycles. The van der Waals surface area contributed by atoms with E-state index in [1.165, 1.54) is 0 Å². The largest absolute Gasteiger partial charge is 0.416 e. The van der Waals surface area contributed by atoms with Gasteiger partial charge in [-0.3, -0.25) is 14.2 Å². The fraction of sp³-hybridized carbons (Fsp3) is 0.286. The Kier molecular flexibility index (Phi) is 5.76. The third kappa shape index (κ3) is 4.53. The number of aliphatic hydroxyl groups excluding tert-OH is 1. The maximum atomic E-state index is 12.7. The number of H-pyrrole nitrogens is 1. The SMILES string of the molecule is CC(CO)N=C(N)c1c(Nc2ccc(C(F)(F)F)cc2Cl)s[nH]c1=O. The van der Waals surface area contributed by atoms with Gasteiger partial charge in [-0.1, -0.05) is 11.6 Å². The van der Waals surface area contributed by atoms with Crippen molar-refractivity contribution in [3.05, 3.63) is 44.7 Å². The third-order valence-corrected chi connectivity index (χ3v) is 4.23. The molecule has 0 radical (unpaired) electrons. The van der Waals surface area contributed by atoms with Crippen LogP contribution in [0.5, 0.6) is 0 Å². The van der Waals surface area contributed by atoms with Crippen molar-refractivity contribution in [1.29, 1.82) is 0 Å². The number of anilines is 2. The molecule has 0 aliphatic heterocycles. The molecule has 1 heterocycles. The normalized spacial score (nSPS) is 13.8. The lowest BCUT2D eigenvalue weighted by Gasteiger charge is -2.11. The van der Waals surface area contributed by atoms with E-state index in [9.17, 15) is 18.0 Å². The molecule has 11 heteroatoms. The summed E-state index contributed by atoms with van der Waals surface area (Å²) in [6.07, 6.45) is -4.51. The molecule has 5 N–H and O–H groups in total. The predicted octanol–water partition coefficient (Wildman–Crippen LogP) is 2.94. The number of aromatic nitrogens is 1. The highest BCUT2D eigenvalue weighted by Gasteiger charge is 2.31. The van der Waals surface area contributed by atoms with Gasteiger partial charge in [0.2, 0.25) is 0 Å². The minimum Gasteiger partial charge on any atom is -0.394 e. The first kappa shape index (κ1) is 19.3. The van der Waals surface area contributed by atoms with E-state index in [-0.39, 0.29) is 33.7 Å². The minimum absolute atomic E-state index is 0.0289. The van der Waals surface area contributed by atoms with Crippen molar-refractivity contribution in [1.82, 2.24) is 4.37 Å². The highest BCUT2D eigenvalue weighted by molar-refractivity contribution is 7.10. The maximum Gasteiger partial charge on any atom is 0.416 e. The van der Waals surface area contributed by atoms with Gasteiger partial charge in [0.1, 0.15) is 16.4 Å². The molecule has 0 fully saturated rings. The number of amidine groups is 1. The second-order valence-corrected chi connectivity index (χ2v) is 6.32. The summed E-state index contributed by atoms with van der Waals surface area (Å²) in [5, 5.41) is 11.9. The van der Waals surface area contributed by atoms with E-state index in [0.29, 0.717) is 0 Å². The number of aliphatic imine (C=N–C) groups is 1. The number of nitrogens with one attached hydrogen (secondary N) is 2. The molecule has 0 amide bonds. The monoisotopic (exact) mass is 394 g/mol. The van der Waals surface area contributed by atoms with Crippen LogP contribution in [0, 0.1) is 0 Å². The predicted molar refractivity (Wildman–Crippen MR) is 91.9 cm³/mol. The van der Waals surface area contributed by atoms with Gasteiger partial charge in [-0.15, -0.1) is 0 Å². The molecule has 0 aliphatic carbocycles. The Hall–Kier alpha value is -2.04. The lowest BCUT2D eigenvalue weighted by atomic mass is 10.2. The highest BCUT2D eigenvalue weighted by atomic mass is 35.5. The summed E-state index contributed by atoms with van der Waals surface area (Å²) in [7, 11) is 0. The van der Waals surface area contributed by atoms with Gasteiger partial charge in [-0.2, -0.15) is 13.2 Å². The molecular weight excluding hydrogens is 381 g/mol. The molecule has 25 heavy (non-hydrogen) atoms. The number of benzene rings is 1. The zero-order valence-corrected chi connectivity index (χ0v) is 14.4. The summed E-state index contributed by atoms with van der Waals surface area (Å²) < 4.78 is 40.5. The van der Waals surface area contributed by atoms with E-state index in [4.69, 9.17) is 22.4 Å². The number of nitrogens with zero attached hydrogens (tertiary/aromatic N) is 1. The summed E-state index contributed by atoms with van der Waals surface area (Å²) in [5.41, 5.74) is 4.60. The van der Waals surface area contributed by atoms with Crippen LogP contribution in [-0.2, 0) is 6.18 Å². The number of rotatable bonds is 5. The smallest absolute Gasteiger partial charge is 0.394 e. The van der Waals surface area contributed by atoms with Crippen LogP contribution >= 0.6 is 23.1 Å². The van der Waals surface area contributed by atoms with Crippen molar-refractivity contribution in [2.75, 3.05) is 11.9 Å². The fourth-order valence-corrected chi connectivity index (χ4v) is 2.87. The second-order valence-electron chi connectivity index (χ2n) is 5.10. The van der Waals surface area contributed by atoms with Gasteiger partial charge in [0, 0.05) is 0 Å². The van der Waals surface area contributed by atoms with Crippen molar-refractivity contribution < 1.29 is 18.3 Å². The molecule has 2 aromatic rings. The first-order valence-corrected chi connectivity index (χ1v) is 8.12. The van der Waals surface area contributed by atoms with Gasteiger partial charge < -0.3 is 16.2 Å². The maximum absolute atomic E-state index is 12.7. The van der Waals surface area contributed by atoms with Crippen LogP contribution in [0.3, 0.4) is 0 Å². The van der Waals surface area contributed by atoms with Crippen LogP contribution < -0.4 is 16.6 Å². The van der Waals surface area contributed by atoms with Crippen LogP contribution in [0.4, 0.5) is 23.9 Å². The molecule has 0 bridgehead atoms. The van der Waals surface area contributed by atoms with Crippen molar-refractivity contribution in [3.63, 3.8) is 0 Å². The molecular formula is C14H14ClF3N4O2S. The van der Waals surface area contributed by atoms with Gasteiger partial charge >= 0.3 is 6.18 Å². The average molecular weight is 395 g/mol.